The molecule has 1 aliphatic rings. The minimum Gasteiger partial charge on any atom is -0.391 e. The molecule has 132 valence electrons. The SMILES string of the molecule is Cc1sc(N)cc1C1Cc2ccc(/C=C/c3ccc(CN)cc3)cc2C1. The molecular weight excluding hydrogens is 336 g/mol. The molecule has 0 radical (unpaired) electrons. The highest BCUT2D eigenvalue weighted by Crippen LogP contribution is 2.39. The number of thiophene rings is 1. The van der Waals surface area contributed by atoms with Gasteiger partial charge in [-0.15, -0.1) is 11.3 Å². The number of fused-ring (bicyclic) bond motifs is 1. The van der Waals surface area contributed by atoms with E-state index in [1.54, 1.807) is 11.3 Å². The Kier molecular flexibility index (Phi) is 4.66. The van der Waals surface area contributed by atoms with Crippen molar-refractivity contribution in [3.63, 3.8) is 0 Å². The van der Waals surface area contributed by atoms with E-state index >= 15 is 0 Å². The molecule has 1 heterocycles. The molecule has 1 aliphatic carbocycles. The van der Waals surface area contributed by atoms with Crippen LogP contribution < -0.4 is 11.5 Å². The van der Waals surface area contributed by atoms with Crippen molar-refractivity contribution in [2.45, 2.75) is 32.2 Å². The van der Waals surface area contributed by atoms with Crippen LogP contribution in [0, 0.1) is 6.92 Å². The number of hydrogen-bond donors (Lipinski definition) is 2. The lowest BCUT2D eigenvalue weighted by Crippen LogP contribution is -1.97. The van der Waals surface area contributed by atoms with E-state index in [0.717, 1.165) is 23.4 Å². The Bertz CT molecular complexity index is 951. The fourth-order valence-electron chi connectivity index (χ4n) is 3.84. The molecule has 0 saturated heterocycles. The van der Waals surface area contributed by atoms with E-state index in [4.69, 9.17) is 11.5 Å². The number of rotatable bonds is 4. The third kappa shape index (κ3) is 3.46. The number of aryl methyl sites for hydroxylation is 1. The maximum atomic E-state index is 5.99. The molecule has 3 aromatic rings. The highest BCUT2D eigenvalue weighted by atomic mass is 32.1. The topological polar surface area (TPSA) is 52.0 Å². The zero-order valence-corrected chi connectivity index (χ0v) is 15.9. The molecule has 0 spiro atoms. The van der Waals surface area contributed by atoms with Gasteiger partial charge < -0.3 is 11.5 Å². The fraction of sp³-hybridized carbons (Fsp3) is 0.217. The van der Waals surface area contributed by atoms with Crippen molar-refractivity contribution >= 4 is 28.5 Å². The van der Waals surface area contributed by atoms with E-state index in [1.165, 1.54) is 32.7 Å². The van der Waals surface area contributed by atoms with Crippen LogP contribution >= 0.6 is 11.3 Å². The molecule has 1 aromatic heterocycles. The summed E-state index contributed by atoms with van der Waals surface area (Å²) >= 11 is 1.71. The van der Waals surface area contributed by atoms with Gasteiger partial charge in [0.05, 0.1) is 5.00 Å². The Morgan fingerprint density at radius 3 is 2.35 bits per heavy atom. The fourth-order valence-corrected chi connectivity index (χ4v) is 4.73. The monoisotopic (exact) mass is 360 g/mol. The molecule has 2 aromatic carbocycles. The molecule has 1 atom stereocenters. The highest BCUT2D eigenvalue weighted by Gasteiger charge is 2.25. The van der Waals surface area contributed by atoms with Gasteiger partial charge in [0.15, 0.2) is 0 Å². The van der Waals surface area contributed by atoms with Gasteiger partial charge in [-0.25, -0.2) is 0 Å². The van der Waals surface area contributed by atoms with Gasteiger partial charge in [0, 0.05) is 11.4 Å². The molecule has 0 amide bonds. The van der Waals surface area contributed by atoms with Crippen molar-refractivity contribution in [3.05, 3.63) is 86.8 Å². The Morgan fingerprint density at radius 2 is 1.65 bits per heavy atom. The van der Waals surface area contributed by atoms with Crippen LogP contribution in [0.5, 0.6) is 0 Å². The van der Waals surface area contributed by atoms with Gasteiger partial charge in [0.25, 0.3) is 0 Å². The third-order valence-corrected chi connectivity index (χ3v) is 6.16. The van der Waals surface area contributed by atoms with E-state index in [0.29, 0.717) is 12.5 Å². The maximum Gasteiger partial charge on any atom is 0.0862 e. The number of benzene rings is 2. The largest absolute Gasteiger partial charge is 0.391 e. The Morgan fingerprint density at radius 1 is 0.962 bits per heavy atom. The third-order valence-electron chi connectivity index (χ3n) is 5.26. The Hall–Kier alpha value is -2.36. The first-order chi connectivity index (χ1) is 12.6. The molecule has 4 rings (SSSR count). The summed E-state index contributed by atoms with van der Waals surface area (Å²) in [4.78, 5) is 1.36. The molecule has 0 saturated carbocycles. The lowest BCUT2D eigenvalue weighted by Gasteiger charge is -2.07. The summed E-state index contributed by atoms with van der Waals surface area (Å²) < 4.78 is 0. The molecule has 3 heteroatoms. The molecule has 0 fully saturated rings. The van der Waals surface area contributed by atoms with Gasteiger partial charge >= 0.3 is 0 Å². The molecule has 0 bridgehead atoms. The van der Waals surface area contributed by atoms with Crippen molar-refractivity contribution in [1.82, 2.24) is 0 Å². The summed E-state index contributed by atoms with van der Waals surface area (Å²) in [7, 11) is 0. The predicted molar refractivity (Wildman–Crippen MR) is 113 cm³/mol. The molecule has 0 aliphatic heterocycles. The van der Waals surface area contributed by atoms with Crippen molar-refractivity contribution in [2.24, 2.45) is 5.73 Å². The second-order valence-electron chi connectivity index (χ2n) is 7.07. The van der Waals surface area contributed by atoms with Gasteiger partial charge in [0.2, 0.25) is 0 Å². The van der Waals surface area contributed by atoms with Gasteiger partial charge in [-0.05, 0) is 65.1 Å². The summed E-state index contributed by atoms with van der Waals surface area (Å²) in [5.74, 6) is 0.571. The normalized spacial score (nSPS) is 16.3. The van der Waals surface area contributed by atoms with Crippen LogP contribution in [-0.2, 0) is 19.4 Å². The molecule has 2 nitrogen and oxygen atoms in total. The average molecular weight is 361 g/mol. The summed E-state index contributed by atoms with van der Waals surface area (Å²) in [5, 5.41) is 0.928. The quantitative estimate of drug-likeness (QED) is 0.632. The second kappa shape index (κ2) is 7.10. The van der Waals surface area contributed by atoms with E-state index < -0.39 is 0 Å². The van der Waals surface area contributed by atoms with E-state index in [-0.39, 0.29) is 0 Å². The number of nitrogens with two attached hydrogens (primary N) is 2. The lowest BCUT2D eigenvalue weighted by atomic mass is 9.97. The van der Waals surface area contributed by atoms with Gasteiger partial charge in [-0.2, -0.15) is 0 Å². The minimum absolute atomic E-state index is 0.571. The first-order valence-electron chi connectivity index (χ1n) is 9.07. The van der Waals surface area contributed by atoms with Gasteiger partial charge in [-0.1, -0.05) is 54.6 Å². The second-order valence-corrected chi connectivity index (χ2v) is 8.36. The molecular formula is C23H24N2S. The van der Waals surface area contributed by atoms with Crippen LogP contribution in [0.25, 0.3) is 12.2 Å². The van der Waals surface area contributed by atoms with Crippen LogP contribution in [-0.4, -0.2) is 0 Å². The Balaban J connectivity index is 1.51. The maximum absolute atomic E-state index is 5.99. The minimum atomic E-state index is 0.571. The predicted octanol–water partition coefficient (Wildman–Crippen LogP) is 5.15. The Labute approximate surface area is 159 Å². The van der Waals surface area contributed by atoms with Crippen LogP contribution in [0.3, 0.4) is 0 Å². The molecule has 4 N–H and O–H groups in total. The lowest BCUT2D eigenvalue weighted by molar-refractivity contribution is 0.741. The summed E-state index contributed by atoms with van der Waals surface area (Å²) in [6.07, 6.45) is 6.59. The van der Waals surface area contributed by atoms with Crippen LogP contribution in [0.2, 0.25) is 0 Å². The zero-order valence-electron chi connectivity index (χ0n) is 15.0. The standard InChI is InChI=1S/C23H24N2S/c1-15-22(13-23(25)26-15)21-11-19-9-8-17(10-20(19)12-21)5-2-16-3-6-18(14-24)7-4-16/h2-10,13,21H,11-12,14,24-25H2,1H3/b5-2+. The van der Waals surface area contributed by atoms with Crippen molar-refractivity contribution in [3.8, 4) is 0 Å². The van der Waals surface area contributed by atoms with E-state index in [9.17, 15) is 0 Å². The average Bonchev–Trinajstić information content (AvgIpc) is 3.22. The first kappa shape index (κ1) is 17.1. The first-order valence-corrected chi connectivity index (χ1v) is 9.88. The smallest absolute Gasteiger partial charge is 0.0862 e. The number of nitrogen functional groups attached to an aromatic ring is 1. The number of hydrogen-bond acceptors (Lipinski definition) is 3. The van der Waals surface area contributed by atoms with Crippen LogP contribution in [0.1, 0.15) is 44.2 Å². The summed E-state index contributed by atoms with van der Waals surface area (Å²) in [5.41, 5.74) is 19.6. The molecule has 26 heavy (non-hydrogen) atoms. The zero-order chi connectivity index (χ0) is 18.1. The van der Waals surface area contributed by atoms with Crippen LogP contribution in [0.15, 0.2) is 48.5 Å². The summed E-state index contributed by atoms with van der Waals surface area (Å²) in [6.45, 7) is 2.77. The summed E-state index contributed by atoms with van der Waals surface area (Å²) in [6, 6.07) is 17.4. The molecule has 1 unspecified atom stereocenters. The van der Waals surface area contributed by atoms with E-state index in [2.05, 4.69) is 67.6 Å². The van der Waals surface area contributed by atoms with Crippen LogP contribution in [0.4, 0.5) is 5.00 Å². The van der Waals surface area contributed by atoms with Crippen molar-refractivity contribution in [2.75, 3.05) is 5.73 Å². The van der Waals surface area contributed by atoms with Crippen molar-refractivity contribution < 1.29 is 0 Å². The van der Waals surface area contributed by atoms with E-state index in [1.807, 2.05) is 0 Å². The van der Waals surface area contributed by atoms with Gasteiger partial charge in [0.1, 0.15) is 0 Å². The number of anilines is 1. The van der Waals surface area contributed by atoms with Gasteiger partial charge in [-0.3, -0.25) is 0 Å². The van der Waals surface area contributed by atoms with Crippen molar-refractivity contribution in [1.29, 1.82) is 0 Å². The highest BCUT2D eigenvalue weighted by molar-refractivity contribution is 7.16.